The van der Waals surface area contributed by atoms with Crippen LogP contribution < -0.4 is 0 Å². The van der Waals surface area contributed by atoms with Gasteiger partial charge in [-0.2, -0.15) is 0 Å². The van der Waals surface area contributed by atoms with E-state index < -0.39 is 5.09 Å². The van der Waals surface area contributed by atoms with Gasteiger partial charge in [0.2, 0.25) is 0 Å². The lowest BCUT2D eigenvalue weighted by Crippen LogP contribution is -2.29. The molecule has 0 saturated heterocycles. The normalized spacial score (nSPS) is 29.8. The lowest BCUT2D eigenvalue weighted by molar-refractivity contribution is -0.771. The highest BCUT2D eigenvalue weighted by Crippen LogP contribution is 2.28. The minimum Gasteiger partial charge on any atom is -0.310 e. The van der Waals surface area contributed by atoms with Crippen molar-refractivity contribution in [3.8, 4) is 0 Å². The van der Waals surface area contributed by atoms with E-state index in [2.05, 4.69) is 11.8 Å². The van der Waals surface area contributed by atoms with Crippen LogP contribution >= 0.6 is 0 Å². The summed E-state index contributed by atoms with van der Waals surface area (Å²) in [5.74, 6) is 0.393. The SMILES string of the molecule is CCC1CCCCC1O[N+](=O)[O-]. The van der Waals surface area contributed by atoms with Gasteiger partial charge in [0.05, 0.1) is 0 Å². The molecule has 1 fully saturated rings. The molecule has 0 aromatic carbocycles. The molecule has 70 valence electrons. The summed E-state index contributed by atoms with van der Waals surface area (Å²) < 4.78 is 0. The minimum atomic E-state index is -0.654. The predicted octanol–water partition coefficient (Wildman–Crippen LogP) is 2.16. The van der Waals surface area contributed by atoms with Gasteiger partial charge in [0.25, 0.3) is 5.09 Å². The van der Waals surface area contributed by atoms with Crippen molar-refractivity contribution in [3.05, 3.63) is 10.1 Å². The molecule has 4 heteroatoms. The van der Waals surface area contributed by atoms with Crippen LogP contribution in [-0.4, -0.2) is 11.2 Å². The Kier molecular flexibility index (Phi) is 3.31. The van der Waals surface area contributed by atoms with Crippen LogP contribution in [0.3, 0.4) is 0 Å². The molecule has 0 aliphatic heterocycles. The van der Waals surface area contributed by atoms with Crippen LogP contribution in [0.15, 0.2) is 0 Å². The largest absolute Gasteiger partial charge is 0.310 e. The highest BCUT2D eigenvalue weighted by atomic mass is 17.0. The summed E-state index contributed by atoms with van der Waals surface area (Å²) in [6, 6.07) is 0. The van der Waals surface area contributed by atoms with Crippen LogP contribution in [0.1, 0.15) is 39.0 Å². The first-order chi connectivity index (χ1) is 5.74. The Bertz CT molecular complexity index is 160. The standard InChI is InChI=1S/C8H15NO3/c1-2-7-5-3-4-6-8(7)12-9(10)11/h7-8H,2-6H2,1H3. The molecule has 0 amide bonds. The van der Waals surface area contributed by atoms with Crippen molar-refractivity contribution in [2.24, 2.45) is 5.92 Å². The second kappa shape index (κ2) is 4.28. The predicted molar refractivity (Wildman–Crippen MR) is 44.1 cm³/mol. The number of nitrogens with zero attached hydrogens (tertiary/aromatic N) is 1. The van der Waals surface area contributed by atoms with Gasteiger partial charge < -0.3 is 4.84 Å². The van der Waals surface area contributed by atoms with E-state index in [1.807, 2.05) is 0 Å². The van der Waals surface area contributed by atoms with E-state index in [0.29, 0.717) is 5.92 Å². The number of rotatable bonds is 3. The van der Waals surface area contributed by atoms with E-state index in [1.165, 1.54) is 6.42 Å². The molecule has 1 saturated carbocycles. The van der Waals surface area contributed by atoms with Crippen molar-refractivity contribution < 1.29 is 9.92 Å². The average Bonchev–Trinajstić information content (AvgIpc) is 2.04. The Hall–Kier alpha value is -0.800. The zero-order valence-corrected chi connectivity index (χ0v) is 7.36. The Balaban J connectivity index is 2.41. The molecule has 1 aliphatic carbocycles. The molecule has 0 bridgehead atoms. The Labute approximate surface area is 72.0 Å². The van der Waals surface area contributed by atoms with Crippen LogP contribution in [0.4, 0.5) is 0 Å². The highest BCUT2D eigenvalue weighted by Gasteiger charge is 2.26. The first-order valence-electron chi connectivity index (χ1n) is 4.55. The molecule has 1 rings (SSSR count). The minimum absolute atomic E-state index is 0.140. The molecule has 0 N–H and O–H groups in total. The molecule has 0 radical (unpaired) electrons. The molecule has 0 spiro atoms. The molecule has 4 nitrogen and oxygen atoms in total. The van der Waals surface area contributed by atoms with E-state index in [9.17, 15) is 10.1 Å². The van der Waals surface area contributed by atoms with Crippen LogP contribution in [0, 0.1) is 16.0 Å². The van der Waals surface area contributed by atoms with Gasteiger partial charge in [-0.25, -0.2) is 0 Å². The van der Waals surface area contributed by atoms with Crippen LogP contribution in [-0.2, 0) is 4.84 Å². The molecular weight excluding hydrogens is 158 g/mol. The summed E-state index contributed by atoms with van der Waals surface area (Å²) in [5.41, 5.74) is 0. The van der Waals surface area contributed by atoms with Crippen molar-refractivity contribution in [2.45, 2.75) is 45.1 Å². The molecule has 0 heterocycles. The van der Waals surface area contributed by atoms with Gasteiger partial charge >= 0.3 is 0 Å². The van der Waals surface area contributed by atoms with E-state index >= 15 is 0 Å². The third-order valence-corrected chi connectivity index (χ3v) is 2.59. The molecule has 0 aromatic heterocycles. The topological polar surface area (TPSA) is 52.4 Å². The fourth-order valence-corrected chi connectivity index (χ4v) is 1.89. The van der Waals surface area contributed by atoms with Gasteiger partial charge in [0.15, 0.2) is 0 Å². The third-order valence-electron chi connectivity index (χ3n) is 2.59. The van der Waals surface area contributed by atoms with E-state index in [0.717, 1.165) is 25.7 Å². The summed E-state index contributed by atoms with van der Waals surface area (Å²) in [6.45, 7) is 2.06. The summed E-state index contributed by atoms with van der Waals surface area (Å²) in [6.07, 6.45) is 5.02. The summed E-state index contributed by atoms with van der Waals surface area (Å²) in [4.78, 5) is 14.7. The number of hydrogen-bond donors (Lipinski definition) is 0. The fraction of sp³-hybridized carbons (Fsp3) is 1.00. The first kappa shape index (κ1) is 9.29. The van der Waals surface area contributed by atoms with Gasteiger partial charge in [-0.15, -0.1) is 10.1 Å². The summed E-state index contributed by atoms with van der Waals surface area (Å²) >= 11 is 0. The van der Waals surface area contributed by atoms with Crippen molar-refractivity contribution in [2.75, 3.05) is 0 Å². The highest BCUT2D eigenvalue weighted by molar-refractivity contribution is 4.73. The van der Waals surface area contributed by atoms with Gasteiger partial charge in [-0.05, 0) is 18.8 Å². The van der Waals surface area contributed by atoms with Gasteiger partial charge in [0.1, 0.15) is 6.10 Å². The zero-order valence-electron chi connectivity index (χ0n) is 7.36. The lowest BCUT2D eigenvalue weighted by Gasteiger charge is -2.28. The fourth-order valence-electron chi connectivity index (χ4n) is 1.89. The average molecular weight is 173 g/mol. The third kappa shape index (κ3) is 2.36. The van der Waals surface area contributed by atoms with Crippen LogP contribution in [0.5, 0.6) is 0 Å². The van der Waals surface area contributed by atoms with E-state index in [-0.39, 0.29) is 6.10 Å². The molecule has 1 aliphatic rings. The van der Waals surface area contributed by atoms with Gasteiger partial charge in [-0.3, -0.25) is 0 Å². The Morgan fingerprint density at radius 2 is 2.17 bits per heavy atom. The summed E-state index contributed by atoms with van der Waals surface area (Å²) in [7, 11) is 0. The van der Waals surface area contributed by atoms with Gasteiger partial charge in [0, 0.05) is 0 Å². The quantitative estimate of drug-likeness (QED) is 0.485. The van der Waals surface area contributed by atoms with Gasteiger partial charge in [-0.1, -0.05) is 26.2 Å². The maximum absolute atomic E-state index is 10.1. The van der Waals surface area contributed by atoms with Crippen molar-refractivity contribution in [1.29, 1.82) is 0 Å². The van der Waals surface area contributed by atoms with Crippen molar-refractivity contribution >= 4 is 0 Å². The number of hydrogen-bond acceptors (Lipinski definition) is 3. The van der Waals surface area contributed by atoms with Crippen molar-refractivity contribution in [1.82, 2.24) is 0 Å². The monoisotopic (exact) mass is 173 g/mol. The lowest BCUT2D eigenvalue weighted by atomic mass is 9.85. The molecule has 2 unspecified atom stereocenters. The van der Waals surface area contributed by atoms with E-state index in [1.54, 1.807) is 0 Å². The summed E-state index contributed by atoms with van der Waals surface area (Å²) in [5, 5.41) is 9.46. The molecule has 12 heavy (non-hydrogen) atoms. The maximum atomic E-state index is 10.1. The van der Waals surface area contributed by atoms with Crippen LogP contribution in [0.2, 0.25) is 0 Å². The van der Waals surface area contributed by atoms with Crippen LogP contribution in [0.25, 0.3) is 0 Å². The molecule has 2 atom stereocenters. The Morgan fingerprint density at radius 1 is 1.50 bits per heavy atom. The van der Waals surface area contributed by atoms with Crippen molar-refractivity contribution in [3.63, 3.8) is 0 Å². The molecular formula is C8H15NO3. The van der Waals surface area contributed by atoms with E-state index in [4.69, 9.17) is 0 Å². The maximum Gasteiger partial charge on any atom is 0.294 e. The molecule has 0 aromatic rings. The Morgan fingerprint density at radius 3 is 2.75 bits per heavy atom. The zero-order chi connectivity index (χ0) is 8.97. The first-order valence-corrected chi connectivity index (χ1v) is 4.55. The second-order valence-electron chi connectivity index (χ2n) is 3.32. The second-order valence-corrected chi connectivity index (χ2v) is 3.32. The smallest absolute Gasteiger partial charge is 0.294 e.